The van der Waals surface area contributed by atoms with Gasteiger partial charge in [-0.05, 0) is 48.7 Å². The summed E-state index contributed by atoms with van der Waals surface area (Å²) in [7, 11) is 0. The van der Waals surface area contributed by atoms with E-state index in [1.54, 1.807) is 0 Å². The lowest BCUT2D eigenvalue weighted by Crippen LogP contribution is -2.50. The highest BCUT2D eigenvalue weighted by Gasteiger charge is 2.21. The number of thiocarbonyl (C=S) groups is 1. The van der Waals surface area contributed by atoms with E-state index in [1.165, 1.54) is 12.0 Å². The fourth-order valence-corrected chi connectivity index (χ4v) is 3.02. The third kappa shape index (κ3) is 6.63. The fourth-order valence-electron chi connectivity index (χ4n) is 2.87. The van der Waals surface area contributed by atoms with Crippen LogP contribution in [0.4, 0.5) is 0 Å². The maximum atomic E-state index is 12.1. The number of ether oxygens (including phenoxy) is 1. The number of hydrazine groups is 1. The Kier molecular flexibility index (Phi) is 7.84. The summed E-state index contributed by atoms with van der Waals surface area (Å²) in [5, 5.41) is 2.71. The number of carbonyl (C=O) groups is 2. The van der Waals surface area contributed by atoms with Gasteiger partial charge in [0.2, 0.25) is 5.91 Å². The van der Waals surface area contributed by atoms with Crippen molar-refractivity contribution in [3.8, 4) is 5.75 Å². The van der Waals surface area contributed by atoms with Gasteiger partial charge in [-0.15, -0.1) is 0 Å². The number of carbonyl (C=O) groups excluding carboxylic acids is 2. The second-order valence-corrected chi connectivity index (χ2v) is 7.25. The van der Waals surface area contributed by atoms with Crippen molar-refractivity contribution in [1.82, 2.24) is 16.2 Å². The quantitative estimate of drug-likeness (QED) is 0.543. The summed E-state index contributed by atoms with van der Waals surface area (Å²) < 4.78 is 5.43. The van der Waals surface area contributed by atoms with E-state index in [0.29, 0.717) is 11.7 Å². The monoisotopic (exact) mass is 377 g/mol. The Balaban J connectivity index is 1.66. The van der Waals surface area contributed by atoms with Crippen molar-refractivity contribution in [2.24, 2.45) is 5.92 Å². The van der Waals surface area contributed by atoms with Crippen molar-refractivity contribution in [2.75, 3.05) is 6.61 Å². The summed E-state index contributed by atoms with van der Waals surface area (Å²) >= 11 is 5.04. The Hall–Kier alpha value is -2.15. The van der Waals surface area contributed by atoms with Gasteiger partial charge in [0.05, 0.1) is 0 Å². The molecule has 0 bridgehead atoms. The van der Waals surface area contributed by atoms with E-state index < -0.39 is 0 Å². The minimum atomic E-state index is -0.382. The van der Waals surface area contributed by atoms with Gasteiger partial charge in [-0.3, -0.25) is 20.4 Å². The summed E-state index contributed by atoms with van der Waals surface area (Å²) in [4.78, 5) is 23.9. The predicted octanol–water partition coefficient (Wildman–Crippen LogP) is 2.79. The highest BCUT2D eigenvalue weighted by Crippen LogP contribution is 2.23. The number of rotatable bonds is 5. The van der Waals surface area contributed by atoms with Crippen molar-refractivity contribution in [2.45, 2.75) is 51.9 Å². The van der Waals surface area contributed by atoms with Gasteiger partial charge in [0.15, 0.2) is 11.7 Å². The minimum absolute atomic E-state index is 0.0105. The largest absolute Gasteiger partial charge is 0.484 e. The second-order valence-electron chi connectivity index (χ2n) is 6.84. The van der Waals surface area contributed by atoms with Gasteiger partial charge in [-0.1, -0.05) is 45.2 Å². The highest BCUT2D eigenvalue weighted by atomic mass is 32.1. The van der Waals surface area contributed by atoms with Crippen LogP contribution in [-0.2, 0) is 9.59 Å². The van der Waals surface area contributed by atoms with Crippen LogP contribution in [0.1, 0.15) is 57.4 Å². The van der Waals surface area contributed by atoms with Crippen LogP contribution >= 0.6 is 12.2 Å². The van der Waals surface area contributed by atoms with Gasteiger partial charge < -0.3 is 10.1 Å². The molecular weight excluding hydrogens is 350 g/mol. The van der Waals surface area contributed by atoms with Crippen LogP contribution in [0.3, 0.4) is 0 Å². The summed E-state index contributed by atoms with van der Waals surface area (Å²) in [5.41, 5.74) is 6.16. The molecule has 26 heavy (non-hydrogen) atoms. The minimum Gasteiger partial charge on any atom is -0.484 e. The summed E-state index contributed by atoms with van der Waals surface area (Å²) in [6.45, 7) is 4.09. The lowest BCUT2D eigenvalue weighted by molar-refractivity contribution is -0.125. The first-order chi connectivity index (χ1) is 12.5. The molecule has 1 fully saturated rings. The lowest BCUT2D eigenvalue weighted by atomic mass is 9.89. The van der Waals surface area contributed by atoms with Crippen LogP contribution < -0.4 is 20.9 Å². The molecule has 1 aliphatic carbocycles. The normalized spacial score (nSPS) is 14.6. The van der Waals surface area contributed by atoms with Gasteiger partial charge in [0.25, 0.3) is 5.91 Å². The highest BCUT2D eigenvalue weighted by molar-refractivity contribution is 7.80. The molecule has 7 heteroatoms. The topological polar surface area (TPSA) is 79.5 Å². The van der Waals surface area contributed by atoms with E-state index in [4.69, 9.17) is 17.0 Å². The van der Waals surface area contributed by atoms with Crippen molar-refractivity contribution in [1.29, 1.82) is 0 Å². The molecule has 6 nitrogen and oxygen atoms in total. The van der Waals surface area contributed by atoms with Crippen LogP contribution in [0.2, 0.25) is 0 Å². The molecule has 3 N–H and O–H groups in total. The number of benzene rings is 1. The molecule has 0 unspecified atom stereocenters. The molecule has 0 aliphatic heterocycles. The Morgan fingerprint density at radius 2 is 1.77 bits per heavy atom. The molecule has 0 aromatic heterocycles. The number of nitrogens with one attached hydrogen (secondary N) is 3. The maximum Gasteiger partial charge on any atom is 0.276 e. The first-order valence-electron chi connectivity index (χ1n) is 9.08. The van der Waals surface area contributed by atoms with E-state index in [1.807, 2.05) is 24.3 Å². The molecule has 0 spiro atoms. The third-order valence-corrected chi connectivity index (χ3v) is 4.65. The average molecular weight is 378 g/mol. The van der Waals surface area contributed by atoms with E-state index in [-0.39, 0.29) is 29.5 Å². The molecule has 142 valence electrons. The second kappa shape index (κ2) is 10.1. The van der Waals surface area contributed by atoms with E-state index in [9.17, 15) is 9.59 Å². The molecule has 2 amide bonds. The summed E-state index contributed by atoms with van der Waals surface area (Å²) in [6, 6.07) is 7.63. The molecule has 0 saturated heterocycles. The number of hydrogen-bond acceptors (Lipinski definition) is 4. The lowest BCUT2D eigenvalue weighted by Gasteiger charge is -2.21. The summed E-state index contributed by atoms with van der Waals surface area (Å²) in [6.07, 6.45) is 5.12. The van der Waals surface area contributed by atoms with Crippen molar-refractivity contribution in [3.05, 3.63) is 29.8 Å². The van der Waals surface area contributed by atoms with Gasteiger partial charge in [0, 0.05) is 5.92 Å². The Morgan fingerprint density at radius 3 is 2.38 bits per heavy atom. The first-order valence-corrected chi connectivity index (χ1v) is 9.49. The SMILES string of the molecule is CC(C)c1ccc(OCC(=O)NNC(=S)NC(=O)C2CCCCC2)cc1. The summed E-state index contributed by atoms with van der Waals surface area (Å²) in [5.74, 6) is 0.612. The third-order valence-electron chi connectivity index (χ3n) is 4.44. The van der Waals surface area contributed by atoms with Crippen molar-refractivity contribution >= 4 is 29.1 Å². The Bertz CT molecular complexity index is 625. The molecule has 1 aliphatic rings. The Labute approximate surface area is 160 Å². The number of hydrogen-bond donors (Lipinski definition) is 3. The van der Waals surface area contributed by atoms with Crippen LogP contribution in [-0.4, -0.2) is 23.5 Å². The molecule has 1 aromatic carbocycles. The van der Waals surface area contributed by atoms with Crippen molar-refractivity contribution in [3.63, 3.8) is 0 Å². The van der Waals surface area contributed by atoms with Gasteiger partial charge in [-0.25, -0.2) is 0 Å². The molecule has 1 aromatic rings. The fraction of sp³-hybridized carbons (Fsp3) is 0.526. The zero-order chi connectivity index (χ0) is 18.9. The van der Waals surface area contributed by atoms with Crippen molar-refractivity contribution < 1.29 is 14.3 Å². The van der Waals surface area contributed by atoms with E-state index in [2.05, 4.69) is 30.0 Å². The van der Waals surface area contributed by atoms with E-state index in [0.717, 1.165) is 25.7 Å². The van der Waals surface area contributed by atoms with Crippen LogP contribution in [0, 0.1) is 5.92 Å². The molecule has 0 radical (unpaired) electrons. The molecule has 0 atom stereocenters. The zero-order valence-electron chi connectivity index (χ0n) is 15.3. The maximum absolute atomic E-state index is 12.1. The van der Waals surface area contributed by atoms with E-state index >= 15 is 0 Å². The molecule has 1 saturated carbocycles. The van der Waals surface area contributed by atoms with Crippen LogP contribution in [0.25, 0.3) is 0 Å². The van der Waals surface area contributed by atoms with Crippen LogP contribution in [0.15, 0.2) is 24.3 Å². The molecule has 0 heterocycles. The Morgan fingerprint density at radius 1 is 1.12 bits per heavy atom. The van der Waals surface area contributed by atoms with Crippen LogP contribution in [0.5, 0.6) is 5.75 Å². The first kappa shape index (κ1) is 20.2. The number of amides is 2. The predicted molar refractivity (Wildman–Crippen MR) is 105 cm³/mol. The standard InChI is InChI=1S/C19H27N3O3S/c1-13(2)14-8-10-16(11-9-14)25-12-17(23)21-22-19(26)20-18(24)15-6-4-3-5-7-15/h8-11,13,15H,3-7,12H2,1-2H3,(H,21,23)(H2,20,22,24,26). The van der Waals surface area contributed by atoms with Gasteiger partial charge >= 0.3 is 0 Å². The average Bonchev–Trinajstić information content (AvgIpc) is 2.65. The smallest absolute Gasteiger partial charge is 0.276 e. The molecule has 2 rings (SSSR count). The zero-order valence-corrected chi connectivity index (χ0v) is 16.2. The molecular formula is C19H27N3O3S. The van der Waals surface area contributed by atoms with Gasteiger partial charge in [-0.2, -0.15) is 0 Å². The van der Waals surface area contributed by atoms with Gasteiger partial charge in [0.1, 0.15) is 5.75 Å².